The van der Waals surface area contributed by atoms with Crippen LogP contribution in [0.3, 0.4) is 0 Å². The molecule has 0 radical (unpaired) electrons. The number of rotatable bonds is 2. The highest BCUT2D eigenvalue weighted by Gasteiger charge is 2.34. The Hall–Kier alpha value is -0.960. The van der Waals surface area contributed by atoms with Gasteiger partial charge in [0.2, 0.25) is 4.73 Å². The Kier molecular flexibility index (Phi) is 3.95. The van der Waals surface area contributed by atoms with Crippen LogP contribution in [0.1, 0.15) is 11.1 Å². The summed E-state index contributed by atoms with van der Waals surface area (Å²) in [6, 6.07) is 2.53. The van der Waals surface area contributed by atoms with Crippen molar-refractivity contribution in [3.05, 3.63) is 44.6 Å². The van der Waals surface area contributed by atoms with E-state index in [2.05, 4.69) is 41.9 Å². The summed E-state index contributed by atoms with van der Waals surface area (Å²) < 4.78 is 53.1. The molecule has 1 aromatic carbocycles. The van der Waals surface area contributed by atoms with Gasteiger partial charge in [-0.3, -0.25) is 0 Å². The quantitative estimate of drug-likeness (QED) is 0.710. The largest absolute Gasteiger partial charge is 0.416 e. The van der Waals surface area contributed by atoms with E-state index in [0.29, 0.717) is 6.07 Å². The second-order valence-electron chi connectivity index (χ2n) is 3.61. The van der Waals surface area contributed by atoms with Crippen LogP contribution in [0.15, 0.2) is 27.7 Å². The number of hydrogen-bond donors (Lipinski definition) is 0. The average molecular weight is 403 g/mol. The number of nitrogens with zero attached hydrogens (tertiary/aromatic N) is 3. The first kappa shape index (κ1) is 14.4. The third-order valence-electron chi connectivity index (χ3n) is 2.30. The summed E-state index contributed by atoms with van der Waals surface area (Å²) in [5.41, 5.74) is -1.11. The summed E-state index contributed by atoms with van der Waals surface area (Å²) >= 11 is 6.08. The van der Waals surface area contributed by atoms with Gasteiger partial charge in [-0.1, -0.05) is 6.07 Å². The molecule has 0 aliphatic rings. The van der Waals surface area contributed by atoms with Gasteiger partial charge in [-0.05, 0) is 49.6 Å². The molecule has 0 N–H and O–H groups in total. The van der Waals surface area contributed by atoms with Gasteiger partial charge in [-0.25, -0.2) is 9.07 Å². The second kappa shape index (κ2) is 5.20. The van der Waals surface area contributed by atoms with Gasteiger partial charge in [-0.15, -0.1) is 5.10 Å². The van der Waals surface area contributed by atoms with Gasteiger partial charge < -0.3 is 0 Å². The van der Waals surface area contributed by atoms with Gasteiger partial charge in [0.1, 0.15) is 5.82 Å². The van der Waals surface area contributed by atoms with Crippen molar-refractivity contribution in [3.8, 4) is 0 Å². The number of hydrogen-bond acceptors (Lipinski definition) is 2. The van der Waals surface area contributed by atoms with Crippen molar-refractivity contribution in [3.63, 3.8) is 0 Å². The van der Waals surface area contributed by atoms with Gasteiger partial charge in [0.15, 0.2) is 4.73 Å². The SMILES string of the molecule is Fc1ccc(Cn2nc(Br)nc2Br)c(C(F)(F)F)c1. The van der Waals surface area contributed by atoms with Gasteiger partial charge in [0, 0.05) is 0 Å². The number of aromatic nitrogens is 3. The van der Waals surface area contributed by atoms with E-state index in [1.807, 2.05) is 0 Å². The molecule has 0 unspecified atom stereocenters. The van der Waals surface area contributed by atoms with Crippen molar-refractivity contribution in [2.24, 2.45) is 0 Å². The molecule has 102 valence electrons. The molecule has 2 aromatic rings. The number of halogens is 6. The summed E-state index contributed by atoms with van der Waals surface area (Å²) in [7, 11) is 0. The molecule has 0 aliphatic carbocycles. The maximum Gasteiger partial charge on any atom is 0.416 e. The Morgan fingerprint density at radius 1 is 1.21 bits per heavy atom. The summed E-state index contributed by atoms with van der Waals surface area (Å²) in [4.78, 5) is 3.85. The van der Waals surface area contributed by atoms with E-state index in [9.17, 15) is 17.6 Å². The Labute approximate surface area is 121 Å². The molecule has 19 heavy (non-hydrogen) atoms. The first-order valence-electron chi connectivity index (χ1n) is 4.89. The minimum Gasteiger partial charge on any atom is -0.235 e. The smallest absolute Gasteiger partial charge is 0.235 e. The molecule has 0 fully saturated rings. The van der Waals surface area contributed by atoms with Gasteiger partial charge >= 0.3 is 6.18 Å². The van der Waals surface area contributed by atoms with E-state index in [4.69, 9.17) is 0 Å². The van der Waals surface area contributed by atoms with Crippen LogP contribution in [0.5, 0.6) is 0 Å². The van der Waals surface area contributed by atoms with E-state index >= 15 is 0 Å². The fraction of sp³-hybridized carbons (Fsp3) is 0.200. The monoisotopic (exact) mass is 401 g/mol. The predicted molar refractivity (Wildman–Crippen MR) is 65.9 cm³/mol. The van der Waals surface area contributed by atoms with Crippen molar-refractivity contribution in [1.29, 1.82) is 0 Å². The van der Waals surface area contributed by atoms with Crippen LogP contribution >= 0.6 is 31.9 Å². The summed E-state index contributed by atoms with van der Waals surface area (Å²) in [6.45, 7) is -0.172. The van der Waals surface area contributed by atoms with Crippen LogP contribution < -0.4 is 0 Å². The number of alkyl halides is 3. The van der Waals surface area contributed by atoms with Crippen LogP contribution in [0, 0.1) is 5.82 Å². The van der Waals surface area contributed by atoms with E-state index in [1.54, 1.807) is 0 Å². The van der Waals surface area contributed by atoms with Crippen molar-refractivity contribution < 1.29 is 17.6 Å². The molecule has 9 heteroatoms. The molecule has 1 aromatic heterocycles. The molecule has 3 nitrogen and oxygen atoms in total. The molecule has 0 bridgehead atoms. The predicted octanol–water partition coefficient (Wildman–Crippen LogP) is 4.01. The fourth-order valence-electron chi connectivity index (χ4n) is 1.51. The zero-order valence-corrected chi connectivity index (χ0v) is 12.2. The fourth-order valence-corrected chi connectivity index (χ4v) is 2.48. The molecule has 2 rings (SSSR count). The topological polar surface area (TPSA) is 30.7 Å². The molecular weight excluding hydrogens is 398 g/mol. The normalized spacial score (nSPS) is 11.9. The summed E-state index contributed by atoms with van der Waals surface area (Å²) in [5, 5.41) is 3.87. The van der Waals surface area contributed by atoms with E-state index < -0.39 is 17.6 Å². The van der Waals surface area contributed by atoms with Crippen molar-refractivity contribution >= 4 is 31.9 Å². The van der Waals surface area contributed by atoms with Gasteiger partial charge in [-0.2, -0.15) is 18.2 Å². The van der Waals surface area contributed by atoms with E-state index in [0.717, 1.165) is 12.1 Å². The van der Waals surface area contributed by atoms with Crippen LogP contribution in [0.2, 0.25) is 0 Å². The van der Waals surface area contributed by atoms with Crippen LogP contribution in [0.4, 0.5) is 17.6 Å². The first-order chi connectivity index (χ1) is 8.77. The highest BCUT2D eigenvalue weighted by atomic mass is 79.9. The average Bonchev–Trinajstić information content (AvgIpc) is 2.58. The lowest BCUT2D eigenvalue weighted by molar-refractivity contribution is -0.138. The van der Waals surface area contributed by atoms with E-state index in [1.165, 1.54) is 4.68 Å². The van der Waals surface area contributed by atoms with Crippen LogP contribution in [-0.2, 0) is 12.7 Å². The highest BCUT2D eigenvalue weighted by molar-refractivity contribution is 9.11. The minimum atomic E-state index is -4.62. The zero-order valence-electron chi connectivity index (χ0n) is 9.05. The molecule has 0 aliphatic heterocycles. The third kappa shape index (κ3) is 3.33. The minimum absolute atomic E-state index is 0.0907. The molecule has 0 saturated heterocycles. The Morgan fingerprint density at radius 2 is 1.89 bits per heavy atom. The zero-order chi connectivity index (χ0) is 14.2. The number of benzene rings is 1. The van der Waals surface area contributed by atoms with Gasteiger partial charge in [0.05, 0.1) is 12.1 Å². The lowest BCUT2D eigenvalue weighted by Crippen LogP contribution is -2.13. The summed E-state index contributed by atoms with van der Waals surface area (Å²) in [5.74, 6) is -0.935. The second-order valence-corrected chi connectivity index (χ2v) is 5.03. The maximum atomic E-state index is 12.9. The first-order valence-corrected chi connectivity index (χ1v) is 6.47. The van der Waals surface area contributed by atoms with E-state index in [-0.39, 0.29) is 21.6 Å². The van der Waals surface area contributed by atoms with Crippen molar-refractivity contribution in [2.75, 3.05) is 0 Å². The Morgan fingerprint density at radius 3 is 2.42 bits per heavy atom. The standard InChI is InChI=1S/C10H5Br2F4N3/c11-8-17-9(12)19(18-8)4-5-1-2-6(13)3-7(5)10(14,15)16/h1-3H,4H2. The Balaban J connectivity index is 2.43. The molecule has 0 atom stereocenters. The third-order valence-corrected chi connectivity index (χ3v) is 3.22. The highest BCUT2D eigenvalue weighted by Crippen LogP contribution is 2.33. The lowest BCUT2D eigenvalue weighted by Gasteiger charge is -2.13. The van der Waals surface area contributed by atoms with Gasteiger partial charge in [0.25, 0.3) is 0 Å². The van der Waals surface area contributed by atoms with Crippen molar-refractivity contribution in [2.45, 2.75) is 12.7 Å². The van der Waals surface area contributed by atoms with Crippen LogP contribution in [0.25, 0.3) is 0 Å². The molecule has 0 saturated carbocycles. The molecule has 1 heterocycles. The molecular formula is C10H5Br2F4N3. The summed E-state index contributed by atoms with van der Waals surface area (Å²) in [6.07, 6.45) is -4.62. The van der Waals surface area contributed by atoms with Crippen molar-refractivity contribution in [1.82, 2.24) is 14.8 Å². The molecule has 0 spiro atoms. The molecule has 0 amide bonds. The van der Waals surface area contributed by atoms with Crippen LogP contribution in [-0.4, -0.2) is 14.8 Å². The lowest BCUT2D eigenvalue weighted by atomic mass is 10.1. The maximum absolute atomic E-state index is 12.9. The Bertz CT molecular complexity index is 609.